The molecule has 1 fully saturated rings. The number of amides is 3. The number of aromatic nitrogens is 3. The van der Waals surface area contributed by atoms with Crippen molar-refractivity contribution in [2.45, 2.75) is 26.7 Å². The number of hydrogen-bond acceptors (Lipinski definition) is 7. The van der Waals surface area contributed by atoms with Crippen molar-refractivity contribution in [3.05, 3.63) is 78.1 Å². The summed E-state index contributed by atoms with van der Waals surface area (Å²) in [5.41, 5.74) is 4.02. The smallest absolute Gasteiger partial charge is 0.323 e. The van der Waals surface area contributed by atoms with Gasteiger partial charge in [-0.25, -0.2) is 9.78 Å². The number of aryl methyl sites for hydroxylation is 1. The maximum absolute atomic E-state index is 13.5. The number of nitrogens with one attached hydrogen (secondary N) is 2. The Morgan fingerprint density at radius 2 is 1.84 bits per heavy atom. The molecule has 1 saturated heterocycles. The Morgan fingerprint density at radius 1 is 1.07 bits per heavy atom. The van der Waals surface area contributed by atoms with Crippen LogP contribution >= 0.6 is 0 Å². The summed E-state index contributed by atoms with van der Waals surface area (Å²) in [5.74, 6) is 0.628. The van der Waals surface area contributed by atoms with Gasteiger partial charge in [-0.15, -0.1) is 0 Å². The van der Waals surface area contributed by atoms with Crippen LogP contribution in [-0.2, 0) is 11.8 Å². The molecule has 2 aliphatic rings. The van der Waals surface area contributed by atoms with E-state index in [1.54, 1.807) is 55.0 Å². The maximum Gasteiger partial charge on any atom is 0.323 e. The van der Waals surface area contributed by atoms with Gasteiger partial charge in [0, 0.05) is 80.1 Å². The van der Waals surface area contributed by atoms with E-state index in [1.165, 1.54) is 0 Å². The Balaban J connectivity index is 1.22. The Bertz CT molecular complexity index is 1750. The minimum atomic E-state index is -0.447. The quantitative estimate of drug-likeness (QED) is 0.279. The first-order valence-electron chi connectivity index (χ1n) is 14.9. The number of ketones is 1. The second-order valence-corrected chi connectivity index (χ2v) is 11.0. The predicted molar refractivity (Wildman–Crippen MR) is 170 cm³/mol. The lowest BCUT2D eigenvalue weighted by molar-refractivity contribution is -0.135. The van der Waals surface area contributed by atoms with Crippen LogP contribution in [0.1, 0.15) is 42.6 Å². The molecule has 0 radical (unpaired) electrons. The molecular weight excluding hydrogens is 558 g/mol. The van der Waals surface area contributed by atoms with Gasteiger partial charge in [0.2, 0.25) is 11.7 Å². The minimum absolute atomic E-state index is 0.0321. The Labute approximate surface area is 255 Å². The van der Waals surface area contributed by atoms with Gasteiger partial charge in [-0.05, 0) is 69.2 Å². The van der Waals surface area contributed by atoms with E-state index in [4.69, 9.17) is 4.74 Å². The van der Waals surface area contributed by atoms with Crippen LogP contribution in [0.25, 0.3) is 17.1 Å². The van der Waals surface area contributed by atoms with Gasteiger partial charge in [-0.2, -0.15) is 0 Å². The third kappa shape index (κ3) is 5.60. The molecule has 11 heteroatoms. The molecule has 3 amide bonds. The van der Waals surface area contributed by atoms with E-state index >= 15 is 0 Å². The molecule has 1 aromatic carbocycles. The zero-order valence-corrected chi connectivity index (χ0v) is 25.0. The van der Waals surface area contributed by atoms with Crippen LogP contribution in [0.3, 0.4) is 0 Å². The van der Waals surface area contributed by atoms with Crippen molar-refractivity contribution in [1.82, 2.24) is 19.4 Å². The number of urea groups is 1. The number of carbonyl (C=O) groups excluding carboxylic acids is 3. The summed E-state index contributed by atoms with van der Waals surface area (Å²) in [4.78, 5) is 51.7. The summed E-state index contributed by atoms with van der Waals surface area (Å²) in [6, 6.07) is 9.98. The monoisotopic (exact) mass is 593 g/mol. The van der Waals surface area contributed by atoms with Gasteiger partial charge in [0.1, 0.15) is 11.4 Å². The van der Waals surface area contributed by atoms with Crippen molar-refractivity contribution in [1.29, 1.82) is 0 Å². The molecule has 6 rings (SSSR count). The molecule has 0 unspecified atom stereocenters. The molecule has 11 nitrogen and oxygen atoms in total. The molecular formula is C33H35N7O4. The van der Waals surface area contributed by atoms with E-state index in [9.17, 15) is 14.4 Å². The highest BCUT2D eigenvalue weighted by Crippen LogP contribution is 2.37. The van der Waals surface area contributed by atoms with Crippen molar-refractivity contribution in [2.75, 3.05) is 41.7 Å². The van der Waals surface area contributed by atoms with E-state index in [-0.39, 0.29) is 23.4 Å². The maximum atomic E-state index is 13.5. The minimum Gasteiger partial charge on any atom is -0.452 e. The molecule has 0 aliphatic carbocycles. The number of rotatable bonds is 7. The zero-order chi connectivity index (χ0) is 30.8. The van der Waals surface area contributed by atoms with E-state index < -0.39 is 6.03 Å². The lowest BCUT2D eigenvalue weighted by atomic mass is 9.94. The summed E-state index contributed by atoms with van der Waals surface area (Å²) in [7, 11) is 1.93. The van der Waals surface area contributed by atoms with E-state index in [1.807, 2.05) is 42.6 Å². The first-order chi connectivity index (χ1) is 21.4. The van der Waals surface area contributed by atoms with Crippen LogP contribution in [0.4, 0.5) is 21.9 Å². The van der Waals surface area contributed by atoms with Crippen molar-refractivity contribution >= 4 is 51.9 Å². The highest BCUT2D eigenvalue weighted by molar-refractivity contribution is 6.16. The van der Waals surface area contributed by atoms with Crippen LogP contribution in [0, 0.1) is 5.92 Å². The number of fused-ring (bicyclic) bond motifs is 2. The van der Waals surface area contributed by atoms with Gasteiger partial charge in [-0.1, -0.05) is 0 Å². The molecule has 0 bridgehead atoms. The third-order valence-corrected chi connectivity index (χ3v) is 8.26. The molecule has 2 N–H and O–H groups in total. The zero-order valence-electron chi connectivity index (χ0n) is 25.0. The lowest BCUT2D eigenvalue weighted by Crippen LogP contribution is -2.42. The number of carbonyl (C=O) groups is 3. The summed E-state index contributed by atoms with van der Waals surface area (Å²) in [5, 5.41) is 6.39. The number of hydrogen-bond donors (Lipinski definition) is 2. The van der Waals surface area contributed by atoms with E-state index in [2.05, 4.69) is 25.5 Å². The number of allylic oxidation sites excluding steroid dienone is 1. The largest absolute Gasteiger partial charge is 0.452 e. The Kier molecular flexibility index (Phi) is 8.01. The number of ether oxygens (including phenoxy) is 1. The van der Waals surface area contributed by atoms with Gasteiger partial charge in [0.15, 0.2) is 5.76 Å². The summed E-state index contributed by atoms with van der Waals surface area (Å²) in [6.07, 6.45) is 10.2. The van der Waals surface area contributed by atoms with Gasteiger partial charge >= 0.3 is 6.03 Å². The summed E-state index contributed by atoms with van der Waals surface area (Å²) in [6.45, 7) is 7.01. The van der Waals surface area contributed by atoms with Crippen LogP contribution in [0.5, 0.6) is 5.75 Å². The normalized spacial score (nSPS) is 15.8. The Hall–Kier alpha value is -5.19. The van der Waals surface area contributed by atoms with Gasteiger partial charge in [-0.3, -0.25) is 14.6 Å². The summed E-state index contributed by atoms with van der Waals surface area (Å²) >= 11 is 0. The third-order valence-electron chi connectivity index (χ3n) is 8.26. The number of pyridine rings is 2. The fourth-order valence-electron chi connectivity index (χ4n) is 5.99. The average molecular weight is 594 g/mol. The number of anilines is 3. The molecule has 0 atom stereocenters. The number of Topliss-reactive ketones (excluding diaryl/α,β-unsaturated/α-hetero) is 1. The van der Waals surface area contributed by atoms with Crippen LogP contribution < -0.4 is 20.3 Å². The fraction of sp³-hybridized carbons (Fsp3) is 0.303. The second-order valence-electron chi connectivity index (χ2n) is 11.0. The number of nitrogens with zero attached hydrogens (tertiary/aromatic N) is 5. The average Bonchev–Trinajstić information content (AvgIpc) is 3.53. The number of benzene rings is 1. The van der Waals surface area contributed by atoms with Crippen molar-refractivity contribution in [3.8, 4) is 5.75 Å². The molecule has 3 aromatic heterocycles. The fourth-order valence-corrected chi connectivity index (χ4v) is 5.99. The molecule has 226 valence electrons. The molecule has 0 spiro atoms. The van der Waals surface area contributed by atoms with Crippen LogP contribution in [-0.4, -0.2) is 63.3 Å². The van der Waals surface area contributed by atoms with Gasteiger partial charge in [0.25, 0.3) is 0 Å². The van der Waals surface area contributed by atoms with Crippen molar-refractivity contribution < 1.29 is 19.1 Å². The van der Waals surface area contributed by atoms with Crippen molar-refractivity contribution in [2.24, 2.45) is 13.0 Å². The second kappa shape index (κ2) is 12.2. The molecule has 4 aromatic rings. The first-order valence-corrected chi connectivity index (χ1v) is 14.9. The standard InChI is InChI=1S/C33H35N7O4/c1-4-39(5-2)32(42)21-11-15-40(16-12-21)26-10-14-35-31-29(26)22(20-38(31)3)17-28-30(41)25-18-23(8-9-27(25)44-28)36-33(43)37-24-7-6-13-34-19-24/h6-10,13-14,17-21H,4-5,11-12,15-16H2,1-3H3,(H2,36,37,43)/b28-17-. The molecule has 44 heavy (non-hydrogen) atoms. The van der Waals surface area contributed by atoms with Crippen LogP contribution in [0.15, 0.2) is 66.9 Å². The Morgan fingerprint density at radius 3 is 2.57 bits per heavy atom. The summed E-state index contributed by atoms with van der Waals surface area (Å²) < 4.78 is 7.94. The van der Waals surface area contributed by atoms with E-state index in [0.29, 0.717) is 22.7 Å². The van der Waals surface area contributed by atoms with E-state index in [0.717, 1.165) is 61.3 Å². The number of piperidine rings is 1. The lowest BCUT2D eigenvalue weighted by Gasteiger charge is -2.35. The highest BCUT2D eigenvalue weighted by atomic mass is 16.5. The van der Waals surface area contributed by atoms with Crippen molar-refractivity contribution in [3.63, 3.8) is 0 Å². The predicted octanol–water partition coefficient (Wildman–Crippen LogP) is 5.31. The van der Waals surface area contributed by atoms with Gasteiger partial charge in [0.05, 0.1) is 17.4 Å². The SMILES string of the molecule is CCN(CC)C(=O)C1CCN(c2ccnc3c2c(/C=C2\Oc4ccc(NC(=O)Nc5cccnc5)cc4C2=O)cn3C)CC1. The molecule has 5 heterocycles. The van der Waals surface area contributed by atoms with Crippen LogP contribution in [0.2, 0.25) is 0 Å². The van der Waals surface area contributed by atoms with Gasteiger partial charge < -0.3 is 29.7 Å². The first kappa shape index (κ1) is 28.9. The highest BCUT2D eigenvalue weighted by Gasteiger charge is 2.31. The molecule has 0 saturated carbocycles. The topological polar surface area (TPSA) is 122 Å². The molecule has 2 aliphatic heterocycles.